The zero-order valence-corrected chi connectivity index (χ0v) is 11.8. The van der Waals surface area contributed by atoms with Gasteiger partial charge in [-0.15, -0.1) is 0 Å². The lowest BCUT2D eigenvalue weighted by Crippen LogP contribution is -2.40. The molecule has 1 aromatic heterocycles. The van der Waals surface area contributed by atoms with E-state index in [-0.39, 0.29) is 0 Å². The average molecular weight is 269 g/mol. The molecule has 0 aliphatic carbocycles. The van der Waals surface area contributed by atoms with Crippen molar-refractivity contribution in [1.82, 2.24) is 9.88 Å². The summed E-state index contributed by atoms with van der Waals surface area (Å²) in [5.41, 5.74) is 6.72. The largest absolute Gasteiger partial charge is 0.399 e. The average Bonchev–Trinajstić information content (AvgIpc) is 2.30. The number of hydrogen-bond donors (Lipinski definition) is 2. The van der Waals surface area contributed by atoms with Gasteiger partial charge in [-0.3, -0.25) is 0 Å². The molecule has 1 fully saturated rings. The minimum Gasteiger partial charge on any atom is -0.399 e. The molecular formula is C13H21ClN4. The third-order valence-corrected chi connectivity index (χ3v) is 3.90. The van der Waals surface area contributed by atoms with E-state index in [0.717, 1.165) is 25.5 Å². The molecule has 0 radical (unpaired) electrons. The zero-order chi connectivity index (χ0) is 13.2. The predicted octanol–water partition coefficient (Wildman–Crippen LogP) is 2.46. The fourth-order valence-electron chi connectivity index (χ4n) is 2.25. The van der Waals surface area contributed by atoms with E-state index >= 15 is 0 Å². The second kappa shape index (κ2) is 5.33. The van der Waals surface area contributed by atoms with Crippen molar-refractivity contribution in [2.75, 3.05) is 37.7 Å². The number of piperidine rings is 1. The number of nitrogens with zero attached hydrogens (tertiary/aromatic N) is 2. The van der Waals surface area contributed by atoms with Crippen molar-refractivity contribution >= 4 is 23.1 Å². The Morgan fingerprint density at radius 2 is 2.11 bits per heavy atom. The van der Waals surface area contributed by atoms with Crippen molar-refractivity contribution in [3.05, 3.63) is 17.3 Å². The number of halogens is 1. The number of pyridine rings is 1. The standard InChI is InChI=1S/C13H21ClN4/c1-13(3-5-18(2)6-4-13)9-16-12-8-10(15)7-11(14)17-12/h7-8H,3-6,9H2,1-2H3,(H3,15,16,17). The van der Waals surface area contributed by atoms with E-state index < -0.39 is 0 Å². The molecule has 1 saturated heterocycles. The number of likely N-dealkylation sites (tertiary alicyclic amines) is 1. The minimum absolute atomic E-state index is 0.325. The van der Waals surface area contributed by atoms with Crippen molar-refractivity contribution in [2.45, 2.75) is 19.8 Å². The molecule has 2 heterocycles. The Kier molecular flexibility index (Phi) is 3.97. The predicted molar refractivity (Wildman–Crippen MR) is 77.0 cm³/mol. The molecule has 1 aromatic rings. The van der Waals surface area contributed by atoms with Crippen LogP contribution in [0.4, 0.5) is 11.5 Å². The third kappa shape index (κ3) is 3.50. The molecule has 1 aliphatic heterocycles. The van der Waals surface area contributed by atoms with Crippen LogP contribution < -0.4 is 11.1 Å². The highest BCUT2D eigenvalue weighted by atomic mass is 35.5. The molecule has 0 aromatic carbocycles. The molecule has 5 heteroatoms. The molecule has 4 nitrogen and oxygen atoms in total. The van der Waals surface area contributed by atoms with Gasteiger partial charge < -0.3 is 16.0 Å². The second-order valence-corrected chi connectivity index (χ2v) is 5.96. The van der Waals surface area contributed by atoms with E-state index in [1.54, 1.807) is 6.07 Å². The van der Waals surface area contributed by atoms with Crippen molar-refractivity contribution < 1.29 is 0 Å². The third-order valence-electron chi connectivity index (χ3n) is 3.71. The Balaban J connectivity index is 1.94. The number of nitrogen functional groups attached to an aromatic ring is 1. The summed E-state index contributed by atoms with van der Waals surface area (Å²) in [6.45, 7) is 5.54. The highest BCUT2D eigenvalue weighted by molar-refractivity contribution is 6.29. The minimum atomic E-state index is 0.325. The molecule has 100 valence electrons. The Morgan fingerprint density at radius 1 is 1.44 bits per heavy atom. The van der Waals surface area contributed by atoms with Crippen LogP contribution in [0.25, 0.3) is 0 Å². The summed E-state index contributed by atoms with van der Waals surface area (Å²) < 4.78 is 0. The van der Waals surface area contributed by atoms with E-state index in [2.05, 4.69) is 29.2 Å². The van der Waals surface area contributed by atoms with Gasteiger partial charge in [0, 0.05) is 18.3 Å². The fourth-order valence-corrected chi connectivity index (χ4v) is 2.46. The molecule has 0 saturated carbocycles. The first-order chi connectivity index (χ1) is 8.47. The van der Waals surface area contributed by atoms with Crippen molar-refractivity contribution in [3.63, 3.8) is 0 Å². The monoisotopic (exact) mass is 268 g/mol. The van der Waals surface area contributed by atoms with Crippen LogP contribution in [-0.4, -0.2) is 36.6 Å². The summed E-state index contributed by atoms with van der Waals surface area (Å²) in [6.07, 6.45) is 2.40. The van der Waals surface area contributed by atoms with E-state index in [0.29, 0.717) is 16.3 Å². The number of anilines is 2. The van der Waals surface area contributed by atoms with Crippen LogP contribution >= 0.6 is 11.6 Å². The lowest BCUT2D eigenvalue weighted by Gasteiger charge is -2.38. The molecular weight excluding hydrogens is 248 g/mol. The molecule has 0 bridgehead atoms. The van der Waals surface area contributed by atoms with Crippen LogP contribution in [0.3, 0.4) is 0 Å². The molecule has 0 atom stereocenters. The summed E-state index contributed by atoms with van der Waals surface area (Å²) in [6, 6.07) is 3.48. The van der Waals surface area contributed by atoms with E-state index in [9.17, 15) is 0 Å². The fraction of sp³-hybridized carbons (Fsp3) is 0.615. The highest BCUT2D eigenvalue weighted by Crippen LogP contribution is 2.30. The Morgan fingerprint density at radius 3 is 2.72 bits per heavy atom. The maximum absolute atomic E-state index is 5.89. The van der Waals surface area contributed by atoms with Crippen LogP contribution in [0.5, 0.6) is 0 Å². The first-order valence-electron chi connectivity index (χ1n) is 6.32. The van der Waals surface area contributed by atoms with Crippen LogP contribution in [0.15, 0.2) is 12.1 Å². The maximum atomic E-state index is 5.89. The summed E-state index contributed by atoms with van der Waals surface area (Å²) in [7, 11) is 2.17. The molecule has 1 aliphatic rings. The summed E-state index contributed by atoms with van der Waals surface area (Å²) in [5, 5.41) is 3.79. The van der Waals surface area contributed by atoms with Gasteiger partial charge in [0.05, 0.1) is 0 Å². The van der Waals surface area contributed by atoms with Crippen LogP contribution in [0, 0.1) is 5.41 Å². The Hall–Kier alpha value is -1.00. The van der Waals surface area contributed by atoms with E-state index in [1.165, 1.54) is 12.8 Å². The van der Waals surface area contributed by atoms with Gasteiger partial charge in [-0.2, -0.15) is 0 Å². The van der Waals surface area contributed by atoms with E-state index in [1.807, 2.05) is 6.07 Å². The molecule has 2 rings (SSSR count). The smallest absolute Gasteiger partial charge is 0.133 e. The van der Waals surface area contributed by atoms with Crippen molar-refractivity contribution in [3.8, 4) is 0 Å². The molecule has 18 heavy (non-hydrogen) atoms. The highest BCUT2D eigenvalue weighted by Gasteiger charge is 2.28. The van der Waals surface area contributed by atoms with Gasteiger partial charge in [-0.25, -0.2) is 4.98 Å². The number of hydrogen-bond acceptors (Lipinski definition) is 4. The number of nitrogens with one attached hydrogen (secondary N) is 1. The van der Waals surface area contributed by atoms with Crippen molar-refractivity contribution in [1.29, 1.82) is 0 Å². The Labute approximate surface area is 114 Å². The lowest BCUT2D eigenvalue weighted by atomic mass is 9.80. The van der Waals surface area contributed by atoms with Crippen molar-refractivity contribution in [2.24, 2.45) is 5.41 Å². The zero-order valence-electron chi connectivity index (χ0n) is 11.0. The van der Waals surface area contributed by atoms with Crippen LogP contribution in [0.1, 0.15) is 19.8 Å². The first kappa shape index (κ1) is 13.4. The first-order valence-corrected chi connectivity index (χ1v) is 6.70. The van der Waals surface area contributed by atoms with Gasteiger partial charge >= 0.3 is 0 Å². The number of rotatable bonds is 3. The normalized spacial score (nSPS) is 19.7. The van der Waals surface area contributed by atoms with Gasteiger partial charge in [0.15, 0.2) is 0 Å². The van der Waals surface area contributed by atoms with Crippen LogP contribution in [0.2, 0.25) is 5.15 Å². The quantitative estimate of drug-likeness (QED) is 0.827. The van der Waals surface area contributed by atoms with Crippen LogP contribution in [-0.2, 0) is 0 Å². The molecule has 0 unspecified atom stereocenters. The summed E-state index contributed by atoms with van der Waals surface area (Å²) in [5.74, 6) is 0.764. The summed E-state index contributed by atoms with van der Waals surface area (Å²) in [4.78, 5) is 6.60. The maximum Gasteiger partial charge on any atom is 0.133 e. The van der Waals surface area contributed by atoms with Gasteiger partial charge in [0.2, 0.25) is 0 Å². The number of nitrogens with two attached hydrogens (primary N) is 1. The Bertz CT molecular complexity index is 393. The number of aromatic nitrogens is 1. The molecule has 3 N–H and O–H groups in total. The SMILES string of the molecule is CN1CCC(C)(CNc2cc(N)cc(Cl)n2)CC1. The summed E-state index contributed by atoms with van der Waals surface area (Å²) >= 11 is 5.89. The molecule has 0 amide bonds. The lowest BCUT2D eigenvalue weighted by molar-refractivity contribution is 0.150. The van der Waals surface area contributed by atoms with E-state index in [4.69, 9.17) is 17.3 Å². The van der Waals surface area contributed by atoms with Gasteiger partial charge in [0.1, 0.15) is 11.0 Å². The topological polar surface area (TPSA) is 54.2 Å². The molecule has 0 spiro atoms. The van der Waals surface area contributed by atoms with Gasteiger partial charge in [0.25, 0.3) is 0 Å². The van der Waals surface area contributed by atoms with Gasteiger partial charge in [-0.05, 0) is 44.5 Å². The van der Waals surface area contributed by atoms with Gasteiger partial charge in [-0.1, -0.05) is 18.5 Å². The second-order valence-electron chi connectivity index (χ2n) is 5.58.